The molecule has 16 heavy (non-hydrogen) atoms. The Morgan fingerprint density at radius 2 is 1.44 bits per heavy atom. The molecule has 0 spiro atoms. The summed E-state index contributed by atoms with van der Waals surface area (Å²) in [6.07, 6.45) is 0. The summed E-state index contributed by atoms with van der Waals surface area (Å²) in [5.41, 5.74) is 6.24. The van der Waals surface area contributed by atoms with Crippen LogP contribution in [-0.2, 0) is 0 Å². The van der Waals surface area contributed by atoms with Gasteiger partial charge in [-0.3, -0.25) is 0 Å². The highest BCUT2D eigenvalue weighted by Gasteiger charge is 2.03. The van der Waals surface area contributed by atoms with E-state index in [1.807, 2.05) is 18.2 Å². The molecule has 0 radical (unpaired) electrons. The van der Waals surface area contributed by atoms with Crippen LogP contribution in [0.25, 0.3) is 5.57 Å². The van der Waals surface area contributed by atoms with E-state index in [9.17, 15) is 0 Å². The van der Waals surface area contributed by atoms with Crippen molar-refractivity contribution in [2.24, 2.45) is 0 Å². The minimum absolute atomic E-state index is 1.06. The van der Waals surface area contributed by atoms with Gasteiger partial charge in [-0.05, 0) is 18.1 Å². The zero-order chi connectivity index (χ0) is 11.4. The summed E-state index contributed by atoms with van der Waals surface area (Å²) in [6.45, 7) is 2.08. The first-order valence-corrected chi connectivity index (χ1v) is 5.68. The fraction of sp³-hybridized carbons (Fsp3) is 0.0667. The highest BCUT2D eigenvalue weighted by molar-refractivity contribution is 6.29. The van der Waals surface area contributed by atoms with Crippen LogP contribution in [0.4, 0.5) is 0 Å². The first-order chi connectivity index (χ1) is 7.81. The van der Waals surface area contributed by atoms with Crippen molar-refractivity contribution in [3.05, 3.63) is 76.8 Å². The molecule has 0 heterocycles. The van der Waals surface area contributed by atoms with E-state index in [1.54, 1.807) is 5.54 Å². The van der Waals surface area contributed by atoms with Crippen molar-refractivity contribution in [3.63, 3.8) is 0 Å². The molecule has 0 N–H and O–H groups in total. The van der Waals surface area contributed by atoms with Gasteiger partial charge in [0.2, 0.25) is 0 Å². The van der Waals surface area contributed by atoms with Crippen LogP contribution in [-0.4, -0.2) is 0 Å². The van der Waals surface area contributed by atoms with Gasteiger partial charge in [0.05, 0.1) is 0 Å². The Labute approximate surface area is 101 Å². The van der Waals surface area contributed by atoms with Crippen LogP contribution in [0.1, 0.15) is 16.7 Å². The van der Waals surface area contributed by atoms with Crippen LogP contribution >= 0.6 is 11.6 Å². The number of hydrogen-bond donors (Lipinski definition) is 0. The van der Waals surface area contributed by atoms with Gasteiger partial charge in [0.25, 0.3) is 0 Å². The summed E-state index contributed by atoms with van der Waals surface area (Å²) < 4.78 is 0. The molecule has 0 bridgehead atoms. The summed E-state index contributed by atoms with van der Waals surface area (Å²) in [4.78, 5) is 0. The molecule has 2 rings (SSSR count). The zero-order valence-electron chi connectivity index (χ0n) is 9.15. The van der Waals surface area contributed by atoms with Crippen molar-refractivity contribution in [3.8, 4) is 0 Å². The second-order valence-electron chi connectivity index (χ2n) is 3.75. The Balaban J connectivity index is 2.42. The maximum Gasteiger partial charge on any atom is 0.0127 e. The molecule has 0 aliphatic carbocycles. The van der Waals surface area contributed by atoms with Gasteiger partial charge in [-0.2, -0.15) is 0 Å². The first-order valence-electron chi connectivity index (χ1n) is 5.24. The summed E-state index contributed by atoms with van der Waals surface area (Å²) >= 11 is 5.91. The lowest BCUT2D eigenvalue weighted by atomic mass is 9.99. The molecule has 0 fully saturated rings. The van der Waals surface area contributed by atoms with E-state index in [4.69, 9.17) is 11.6 Å². The Morgan fingerprint density at radius 1 is 0.875 bits per heavy atom. The molecule has 0 aromatic heterocycles. The van der Waals surface area contributed by atoms with E-state index < -0.39 is 0 Å². The third-order valence-electron chi connectivity index (χ3n) is 2.56. The van der Waals surface area contributed by atoms with Gasteiger partial charge in [-0.1, -0.05) is 71.8 Å². The van der Waals surface area contributed by atoms with E-state index in [2.05, 4.69) is 43.3 Å². The molecule has 80 valence electrons. The summed E-state index contributed by atoms with van der Waals surface area (Å²) in [5.74, 6) is 0. The smallest absolute Gasteiger partial charge is 0.0127 e. The van der Waals surface area contributed by atoms with E-state index >= 15 is 0 Å². The fourth-order valence-corrected chi connectivity index (χ4v) is 1.90. The van der Waals surface area contributed by atoms with Crippen molar-refractivity contribution in [2.45, 2.75) is 6.92 Å². The zero-order valence-corrected chi connectivity index (χ0v) is 9.91. The minimum Gasteiger partial charge on any atom is -0.0923 e. The van der Waals surface area contributed by atoms with Gasteiger partial charge in [-0.15, -0.1) is 0 Å². The van der Waals surface area contributed by atoms with Crippen molar-refractivity contribution in [1.82, 2.24) is 0 Å². The maximum atomic E-state index is 5.91. The summed E-state index contributed by atoms with van der Waals surface area (Å²) in [6, 6.07) is 18.5. The number of benzene rings is 2. The normalized spacial score (nSPS) is 11.5. The molecule has 0 atom stereocenters. The van der Waals surface area contributed by atoms with Gasteiger partial charge in [0.1, 0.15) is 0 Å². The molecule has 0 aliphatic heterocycles. The lowest BCUT2D eigenvalue weighted by Crippen LogP contribution is -1.86. The quantitative estimate of drug-likeness (QED) is 0.704. The third-order valence-corrected chi connectivity index (χ3v) is 2.77. The van der Waals surface area contributed by atoms with Crippen molar-refractivity contribution >= 4 is 17.2 Å². The average molecular weight is 229 g/mol. The largest absolute Gasteiger partial charge is 0.0923 e. The number of rotatable bonds is 2. The van der Waals surface area contributed by atoms with E-state index in [0.717, 1.165) is 16.7 Å². The van der Waals surface area contributed by atoms with Crippen molar-refractivity contribution in [1.29, 1.82) is 0 Å². The summed E-state index contributed by atoms with van der Waals surface area (Å²) in [7, 11) is 0. The standard InChI is InChI=1S/C15H13Cl/c1-12-7-9-14(10-8-12)15(11-16)13-5-3-2-4-6-13/h2-11H,1H3/b15-11+. The Morgan fingerprint density at radius 3 is 2.00 bits per heavy atom. The second-order valence-corrected chi connectivity index (χ2v) is 3.97. The molecule has 0 amide bonds. The van der Waals surface area contributed by atoms with Crippen molar-refractivity contribution in [2.75, 3.05) is 0 Å². The predicted molar refractivity (Wildman–Crippen MR) is 70.6 cm³/mol. The molecule has 0 saturated carbocycles. The van der Waals surface area contributed by atoms with Crippen LogP contribution in [0.3, 0.4) is 0 Å². The van der Waals surface area contributed by atoms with Crippen LogP contribution in [0.2, 0.25) is 0 Å². The molecule has 0 nitrogen and oxygen atoms in total. The number of hydrogen-bond acceptors (Lipinski definition) is 0. The van der Waals surface area contributed by atoms with E-state index in [0.29, 0.717) is 0 Å². The van der Waals surface area contributed by atoms with Gasteiger partial charge in [-0.25, -0.2) is 0 Å². The molecule has 0 aliphatic rings. The average Bonchev–Trinajstić information content (AvgIpc) is 2.34. The van der Waals surface area contributed by atoms with Crippen LogP contribution in [0, 0.1) is 6.92 Å². The molecule has 0 saturated heterocycles. The highest BCUT2D eigenvalue weighted by atomic mass is 35.5. The van der Waals surface area contributed by atoms with Crippen LogP contribution < -0.4 is 0 Å². The van der Waals surface area contributed by atoms with Crippen LogP contribution in [0.15, 0.2) is 60.1 Å². The van der Waals surface area contributed by atoms with Crippen LogP contribution in [0.5, 0.6) is 0 Å². The Hall–Kier alpha value is -1.53. The summed E-state index contributed by atoms with van der Waals surface area (Å²) in [5, 5.41) is 0. The number of aryl methyl sites for hydroxylation is 1. The van der Waals surface area contributed by atoms with Gasteiger partial charge in [0, 0.05) is 11.1 Å². The predicted octanol–water partition coefficient (Wildman–Crippen LogP) is 4.62. The first kappa shape index (κ1) is 11.0. The molecular weight excluding hydrogens is 216 g/mol. The van der Waals surface area contributed by atoms with E-state index in [-0.39, 0.29) is 0 Å². The minimum atomic E-state index is 1.06. The molecule has 2 aromatic rings. The molecule has 0 unspecified atom stereocenters. The highest BCUT2D eigenvalue weighted by Crippen LogP contribution is 2.24. The SMILES string of the molecule is Cc1ccc(/C(=C/Cl)c2ccccc2)cc1. The second kappa shape index (κ2) is 5.00. The topological polar surface area (TPSA) is 0 Å². The lowest BCUT2D eigenvalue weighted by Gasteiger charge is -2.07. The van der Waals surface area contributed by atoms with Crippen molar-refractivity contribution < 1.29 is 0 Å². The monoisotopic (exact) mass is 228 g/mol. The van der Waals surface area contributed by atoms with Gasteiger partial charge in [0.15, 0.2) is 0 Å². The lowest BCUT2D eigenvalue weighted by molar-refractivity contribution is 1.45. The van der Waals surface area contributed by atoms with Gasteiger partial charge < -0.3 is 0 Å². The number of halogens is 1. The molecule has 2 aromatic carbocycles. The maximum absolute atomic E-state index is 5.91. The van der Waals surface area contributed by atoms with E-state index in [1.165, 1.54) is 5.56 Å². The molecule has 1 heteroatoms. The fourth-order valence-electron chi connectivity index (χ4n) is 1.64. The van der Waals surface area contributed by atoms with Gasteiger partial charge >= 0.3 is 0 Å². The Bertz CT molecular complexity index is 481. The third kappa shape index (κ3) is 2.34. The molecular formula is C15H13Cl. The Kier molecular flexibility index (Phi) is 3.43.